The molecule has 0 aromatic heterocycles. The van der Waals surface area contributed by atoms with Crippen molar-refractivity contribution >= 4 is 23.3 Å². The van der Waals surface area contributed by atoms with Gasteiger partial charge in [0, 0.05) is 17.8 Å². The smallest absolute Gasteiger partial charge is 0.347 e. The quantitative estimate of drug-likeness (QED) is 0.420. The number of hydrogen-bond donors (Lipinski definition) is 1. The topological polar surface area (TPSA) is 117 Å². The highest BCUT2D eigenvalue weighted by molar-refractivity contribution is 5.94. The second-order valence-electron chi connectivity index (χ2n) is 5.83. The van der Waals surface area contributed by atoms with Crippen LogP contribution in [0.1, 0.15) is 12.5 Å². The van der Waals surface area contributed by atoms with Gasteiger partial charge in [-0.25, -0.2) is 4.79 Å². The van der Waals surface area contributed by atoms with Crippen LogP contribution < -0.4 is 14.8 Å². The molecule has 2 aromatic rings. The van der Waals surface area contributed by atoms with Gasteiger partial charge < -0.3 is 19.5 Å². The van der Waals surface area contributed by atoms with Gasteiger partial charge in [-0.05, 0) is 31.5 Å². The van der Waals surface area contributed by atoms with E-state index < -0.39 is 29.5 Å². The average Bonchev–Trinajstić information content (AvgIpc) is 2.67. The van der Waals surface area contributed by atoms with E-state index in [-0.39, 0.29) is 11.4 Å². The number of nitro benzene ring substituents is 1. The molecule has 9 heteroatoms. The predicted molar refractivity (Wildman–Crippen MR) is 101 cm³/mol. The van der Waals surface area contributed by atoms with Gasteiger partial charge in [0.25, 0.3) is 5.91 Å². The third kappa shape index (κ3) is 5.44. The number of carbonyl (C=O) groups excluding carboxylic acids is 2. The molecule has 0 bridgehead atoms. The zero-order chi connectivity index (χ0) is 20.7. The molecule has 0 spiro atoms. The van der Waals surface area contributed by atoms with Gasteiger partial charge >= 0.3 is 11.7 Å². The SMILES string of the molecule is COc1cc(NC(=O)COC(=O)[C@H](C)Oc2ccccc2)c(C)cc1[N+](=O)[O-]. The minimum atomic E-state index is -0.892. The maximum Gasteiger partial charge on any atom is 0.347 e. The molecule has 0 saturated carbocycles. The molecule has 1 amide bonds. The van der Waals surface area contributed by atoms with Crippen LogP contribution in [0.3, 0.4) is 0 Å². The molecule has 0 heterocycles. The van der Waals surface area contributed by atoms with Crippen LogP contribution in [0.25, 0.3) is 0 Å². The summed E-state index contributed by atoms with van der Waals surface area (Å²) in [6.07, 6.45) is -0.892. The summed E-state index contributed by atoms with van der Waals surface area (Å²) in [6, 6.07) is 11.4. The number of methoxy groups -OCH3 is 1. The van der Waals surface area contributed by atoms with Gasteiger partial charge in [0.05, 0.1) is 12.0 Å². The van der Waals surface area contributed by atoms with Crippen LogP contribution in [-0.2, 0) is 14.3 Å². The van der Waals surface area contributed by atoms with E-state index in [1.807, 2.05) is 6.07 Å². The minimum Gasteiger partial charge on any atom is -0.490 e. The number of aryl methyl sites for hydroxylation is 1. The van der Waals surface area contributed by atoms with Gasteiger partial charge in [0.15, 0.2) is 18.5 Å². The van der Waals surface area contributed by atoms with E-state index in [4.69, 9.17) is 14.2 Å². The van der Waals surface area contributed by atoms with E-state index in [9.17, 15) is 19.7 Å². The van der Waals surface area contributed by atoms with Crippen molar-refractivity contribution in [2.24, 2.45) is 0 Å². The molecular formula is C19H20N2O7. The molecule has 1 N–H and O–H groups in total. The molecule has 0 fully saturated rings. The average molecular weight is 388 g/mol. The van der Waals surface area contributed by atoms with Crippen molar-refractivity contribution in [3.05, 3.63) is 58.1 Å². The Bertz CT molecular complexity index is 868. The van der Waals surface area contributed by atoms with Crippen molar-refractivity contribution in [1.29, 1.82) is 0 Å². The maximum atomic E-state index is 12.1. The number of benzene rings is 2. The molecule has 2 aromatic carbocycles. The van der Waals surface area contributed by atoms with Crippen LogP contribution in [0.5, 0.6) is 11.5 Å². The first-order valence-electron chi connectivity index (χ1n) is 8.33. The Morgan fingerprint density at radius 1 is 1.21 bits per heavy atom. The van der Waals surface area contributed by atoms with Crippen molar-refractivity contribution in [2.45, 2.75) is 20.0 Å². The minimum absolute atomic E-state index is 0.00720. The molecule has 0 unspecified atom stereocenters. The van der Waals surface area contributed by atoms with E-state index >= 15 is 0 Å². The van der Waals surface area contributed by atoms with Crippen molar-refractivity contribution in [3.8, 4) is 11.5 Å². The number of para-hydroxylation sites is 1. The van der Waals surface area contributed by atoms with E-state index in [1.54, 1.807) is 31.2 Å². The summed E-state index contributed by atoms with van der Waals surface area (Å²) < 4.78 is 15.4. The van der Waals surface area contributed by atoms with Crippen molar-refractivity contribution in [1.82, 2.24) is 0 Å². The van der Waals surface area contributed by atoms with Gasteiger partial charge in [-0.2, -0.15) is 0 Å². The lowest BCUT2D eigenvalue weighted by atomic mass is 10.1. The second-order valence-corrected chi connectivity index (χ2v) is 5.83. The van der Waals surface area contributed by atoms with E-state index in [0.717, 1.165) is 0 Å². The Morgan fingerprint density at radius 2 is 1.89 bits per heavy atom. The van der Waals surface area contributed by atoms with Gasteiger partial charge in [-0.15, -0.1) is 0 Å². The number of carbonyl (C=O) groups is 2. The van der Waals surface area contributed by atoms with Crippen LogP contribution in [0.2, 0.25) is 0 Å². The second kappa shape index (κ2) is 9.36. The summed E-state index contributed by atoms with van der Waals surface area (Å²) in [5.74, 6) is -0.783. The summed E-state index contributed by atoms with van der Waals surface area (Å²) in [7, 11) is 1.29. The number of hydrogen-bond acceptors (Lipinski definition) is 7. The molecule has 0 aliphatic rings. The molecule has 1 atom stereocenters. The molecule has 0 saturated heterocycles. The highest BCUT2D eigenvalue weighted by atomic mass is 16.6. The molecule has 2 rings (SSSR count). The maximum absolute atomic E-state index is 12.1. The van der Waals surface area contributed by atoms with Crippen LogP contribution in [-0.4, -0.2) is 36.6 Å². The Balaban J connectivity index is 1.93. The van der Waals surface area contributed by atoms with E-state index in [1.165, 1.54) is 26.2 Å². The summed E-state index contributed by atoms with van der Waals surface area (Å²) in [4.78, 5) is 34.5. The fourth-order valence-corrected chi connectivity index (χ4v) is 2.31. The molecule has 9 nitrogen and oxygen atoms in total. The Hall–Kier alpha value is -3.62. The zero-order valence-corrected chi connectivity index (χ0v) is 15.6. The van der Waals surface area contributed by atoms with Crippen molar-refractivity contribution < 1.29 is 28.7 Å². The van der Waals surface area contributed by atoms with Gasteiger partial charge in [-0.1, -0.05) is 18.2 Å². The lowest BCUT2D eigenvalue weighted by Gasteiger charge is -2.14. The number of amides is 1. The van der Waals surface area contributed by atoms with Crippen LogP contribution >= 0.6 is 0 Å². The van der Waals surface area contributed by atoms with E-state index in [2.05, 4.69) is 5.32 Å². The first-order chi connectivity index (χ1) is 13.3. The molecule has 28 heavy (non-hydrogen) atoms. The van der Waals surface area contributed by atoms with Crippen LogP contribution in [0, 0.1) is 17.0 Å². The van der Waals surface area contributed by atoms with Gasteiger partial charge in [-0.3, -0.25) is 14.9 Å². The lowest BCUT2D eigenvalue weighted by Crippen LogP contribution is -2.29. The predicted octanol–water partition coefficient (Wildman–Crippen LogP) is 2.86. The molecular weight excluding hydrogens is 368 g/mol. The monoisotopic (exact) mass is 388 g/mol. The molecule has 148 valence electrons. The normalized spacial score (nSPS) is 11.2. The molecule has 0 aliphatic heterocycles. The number of nitro groups is 1. The molecule has 0 radical (unpaired) electrons. The summed E-state index contributed by atoms with van der Waals surface area (Å²) >= 11 is 0. The van der Waals surface area contributed by atoms with Crippen LogP contribution in [0.15, 0.2) is 42.5 Å². The molecule has 0 aliphatic carbocycles. The number of nitrogens with zero attached hydrogens (tertiary/aromatic N) is 1. The Kier molecular flexibility index (Phi) is 6.91. The number of rotatable bonds is 8. The third-order valence-corrected chi connectivity index (χ3v) is 3.73. The number of anilines is 1. The first-order valence-corrected chi connectivity index (χ1v) is 8.33. The fourth-order valence-electron chi connectivity index (χ4n) is 2.31. The summed E-state index contributed by atoms with van der Waals surface area (Å²) in [5, 5.41) is 13.5. The Morgan fingerprint density at radius 3 is 2.50 bits per heavy atom. The van der Waals surface area contributed by atoms with Crippen molar-refractivity contribution in [2.75, 3.05) is 19.0 Å². The van der Waals surface area contributed by atoms with Gasteiger partial charge in [0.1, 0.15) is 5.75 Å². The zero-order valence-electron chi connectivity index (χ0n) is 15.6. The fraction of sp³-hybridized carbons (Fsp3) is 0.263. The van der Waals surface area contributed by atoms with Crippen LogP contribution in [0.4, 0.5) is 11.4 Å². The van der Waals surface area contributed by atoms with E-state index in [0.29, 0.717) is 17.0 Å². The largest absolute Gasteiger partial charge is 0.490 e. The van der Waals surface area contributed by atoms with Gasteiger partial charge in [0.2, 0.25) is 0 Å². The number of ether oxygens (including phenoxy) is 3. The van der Waals surface area contributed by atoms with Crippen molar-refractivity contribution in [3.63, 3.8) is 0 Å². The first kappa shape index (κ1) is 20.7. The Labute approximate surface area is 161 Å². The number of esters is 1. The highest BCUT2D eigenvalue weighted by Crippen LogP contribution is 2.32. The summed E-state index contributed by atoms with van der Waals surface area (Å²) in [6.45, 7) is 2.59. The number of nitrogens with one attached hydrogen (secondary N) is 1. The third-order valence-electron chi connectivity index (χ3n) is 3.73. The standard InChI is InChI=1S/C19H20N2O7/c1-12-9-16(21(24)25)17(26-3)10-15(12)20-18(22)11-27-19(23)13(2)28-14-7-5-4-6-8-14/h4-10,13H,11H2,1-3H3,(H,20,22)/t13-/m0/s1. The highest BCUT2D eigenvalue weighted by Gasteiger charge is 2.20. The summed E-state index contributed by atoms with van der Waals surface area (Å²) in [5.41, 5.74) is 0.571. The lowest BCUT2D eigenvalue weighted by molar-refractivity contribution is -0.385.